The van der Waals surface area contributed by atoms with Gasteiger partial charge in [0, 0.05) is 5.56 Å². The number of ether oxygens (including phenoxy) is 1. The van der Waals surface area contributed by atoms with Crippen LogP contribution in [0.5, 0.6) is 11.5 Å². The smallest absolute Gasteiger partial charge is 0.290 e. The molecule has 4 bridgehead atoms. The van der Waals surface area contributed by atoms with Crippen molar-refractivity contribution in [3.8, 4) is 11.5 Å². The van der Waals surface area contributed by atoms with Gasteiger partial charge in [-0.3, -0.25) is 14.9 Å². The van der Waals surface area contributed by atoms with E-state index in [-0.39, 0.29) is 11.1 Å². The first-order valence-corrected chi connectivity index (χ1v) is 12.0. The van der Waals surface area contributed by atoms with Gasteiger partial charge >= 0.3 is 0 Å². The molecule has 158 valence electrons. The molecule has 5 heteroatoms. The van der Waals surface area contributed by atoms with E-state index in [1.54, 1.807) is 6.08 Å². The van der Waals surface area contributed by atoms with E-state index in [9.17, 15) is 9.59 Å². The molecule has 7 rings (SSSR count). The Kier molecular flexibility index (Phi) is 4.49. The molecule has 2 aromatic rings. The monoisotopic (exact) mass is 431 g/mol. The molecule has 5 fully saturated rings. The molecular weight excluding hydrogens is 406 g/mol. The molecule has 1 saturated heterocycles. The lowest BCUT2D eigenvalue weighted by atomic mass is 9.48. The van der Waals surface area contributed by atoms with Crippen molar-refractivity contribution >= 4 is 29.0 Å². The fourth-order valence-corrected chi connectivity index (χ4v) is 7.40. The van der Waals surface area contributed by atoms with E-state index in [1.165, 1.54) is 44.1 Å². The molecule has 0 aromatic heterocycles. The van der Waals surface area contributed by atoms with E-state index in [1.807, 2.05) is 24.3 Å². The van der Waals surface area contributed by atoms with Crippen molar-refractivity contribution in [2.24, 2.45) is 17.8 Å². The highest BCUT2D eigenvalue weighted by atomic mass is 32.2. The number of amides is 2. The maximum absolute atomic E-state index is 11.9. The molecule has 4 aliphatic carbocycles. The minimum Gasteiger partial charge on any atom is -0.457 e. The lowest BCUT2D eigenvalue weighted by molar-refractivity contribution is -0.115. The van der Waals surface area contributed by atoms with Gasteiger partial charge < -0.3 is 4.74 Å². The first-order valence-electron chi connectivity index (χ1n) is 11.2. The zero-order chi connectivity index (χ0) is 21.0. The van der Waals surface area contributed by atoms with Crippen molar-refractivity contribution in [3.05, 3.63) is 64.6 Å². The Hall–Kier alpha value is -2.53. The topological polar surface area (TPSA) is 55.4 Å². The number of imide groups is 1. The van der Waals surface area contributed by atoms with Crippen LogP contribution in [0.3, 0.4) is 0 Å². The summed E-state index contributed by atoms with van der Waals surface area (Å²) in [5.74, 6) is 3.90. The van der Waals surface area contributed by atoms with E-state index in [0.29, 0.717) is 16.1 Å². The number of carbonyl (C=O) groups is 2. The third-order valence-corrected chi connectivity index (χ3v) is 8.39. The normalized spacial score (nSPS) is 32.5. The second kappa shape index (κ2) is 7.27. The Morgan fingerprint density at radius 3 is 2.16 bits per heavy atom. The Balaban J connectivity index is 1.24. The fraction of sp³-hybridized carbons (Fsp3) is 0.385. The average molecular weight is 432 g/mol. The predicted molar refractivity (Wildman–Crippen MR) is 122 cm³/mol. The largest absolute Gasteiger partial charge is 0.457 e. The standard InChI is InChI=1S/C26H25NO3S/c28-24-23(31-25(29)27-24)12-19-3-1-2-4-22(19)30-21-7-5-20(6-8-21)26-13-16-9-17(14-26)11-18(10-16)15-26/h1-8,12,16-18H,9-11,13-15H2,(H,27,28,29)/b23-12+. The van der Waals surface area contributed by atoms with Crippen LogP contribution in [0.15, 0.2) is 53.4 Å². The molecule has 4 nitrogen and oxygen atoms in total. The maximum Gasteiger partial charge on any atom is 0.290 e. The Morgan fingerprint density at radius 1 is 0.903 bits per heavy atom. The van der Waals surface area contributed by atoms with Crippen molar-refractivity contribution in [2.75, 3.05) is 0 Å². The summed E-state index contributed by atoms with van der Waals surface area (Å²) in [4.78, 5) is 23.7. The summed E-state index contributed by atoms with van der Waals surface area (Å²) in [5, 5.41) is 1.95. The molecule has 2 aromatic carbocycles. The number of para-hydroxylation sites is 1. The predicted octanol–water partition coefficient (Wildman–Crippen LogP) is 6.27. The zero-order valence-corrected chi connectivity index (χ0v) is 18.1. The Labute approximate surface area is 186 Å². The second-order valence-corrected chi connectivity index (χ2v) is 10.7. The fourth-order valence-electron chi connectivity index (χ4n) is 6.72. The summed E-state index contributed by atoms with van der Waals surface area (Å²) < 4.78 is 6.19. The van der Waals surface area contributed by atoms with Crippen LogP contribution < -0.4 is 10.1 Å². The summed E-state index contributed by atoms with van der Waals surface area (Å²) in [5.41, 5.74) is 2.64. The molecule has 4 saturated carbocycles. The minimum absolute atomic E-state index is 0.338. The highest BCUT2D eigenvalue weighted by molar-refractivity contribution is 8.18. The molecule has 1 N–H and O–H groups in total. The van der Waals surface area contributed by atoms with Crippen LogP contribution in [-0.4, -0.2) is 11.1 Å². The van der Waals surface area contributed by atoms with Gasteiger partial charge in [0.25, 0.3) is 11.1 Å². The quantitative estimate of drug-likeness (QED) is 0.580. The van der Waals surface area contributed by atoms with Gasteiger partial charge in [-0.25, -0.2) is 0 Å². The molecule has 2 amide bonds. The summed E-state index contributed by atoms with van der Waals surface area (Å²) >= 11 is 0.919. The number of hydrogen-bond acceptors (Lipinski definition) is 4. The van der Waals surface area contributed by atoms with Gasteiger partial charge in [0.2, 0.25) is 0 Å². The van der Waals surface area contributed by atoms with Crippen molar-refractivity contribution < 1.29 is 14.3 Å². The van der Waals surface area contributed by atoms with Crippen LogP contribution in [0.25, 0.3) is 6.08 Å². The van der Waals surface area contributed by atoms with Crippen LogP contribution in [0.2, 0.25) is 0 Å². The number of thioether (sulfide) groups is 1. The summed E-state index contributed by atoms with van der Waals surface area (Å²) in [6.45, 7) is 0. The molecule has 0 radical (unpaired) electrons. The van der Waals surface area contributed by atoms with Gasteiger partial charge in [0.1, 0.15) is 11.5 Å². The van der Waals surface area contributed by atoms with Crippen molar-refractivity contribution in [2.45, 2.75) is 43.9 Å². The number of benzene rings is 2. The Morgan fingerprint density at radius 2 is 1.55 bits per heavy atom. The molecule has 5 aliphatic rings. The van der Waals surface area contributed by atoms with Crippen LogP contribution >= 0.6 is 11.8 Å². The summed E-state index contributed by atoms with van der Waals surface area (Å²) in [6.07, 6.45) is 10.1. The van der Waals surface area contributed by atoms with Crippen LogP contribution in [0, 0.1) is 17.8 Å². The molecule has 0 spiro atoms. The van der Waals surface area contributed by atoms with Crippen molar-refractivity contribution in [1.29, 1.82) is 0 Å². The Bertz CT molecular complexity index is 1050. The number of nitrogens with one attached hydrogen (secondary N) is 1. The van der Waals surface area contributed by atoms with Gasteiger partial charge in [-0.15, -0.1) is 0 Å². The van der Waals surface area contributed by atoms with Gasteiger partial charge in [0.05, 0.1) is 4.91 Å². The van der Waals surface area contributed by atoms with Crippen LogP contribution in [0.1, 0.15) is 49.7 Å². The minimum atomic E-state index is -0.357. The average Bonchev–Trinajstić information content (AvgIpc) is 3.05. The van der Waals surface area contributed by atoms with Gasteiger partial charge in [0.15, 0.2) is 0 Å². The van der Waals surface area contributed by atoms with E-state index in [4.69, 9.17) is 4.74 Å². The molecule has 0 unspecified atom stereocenters. The van der Waals surface area contributed by atoms with E-state index < -0.39 is 0 Å². The van der Waals surface area contributed by atoms with Crippen LogP contribution in [0.4, 0.5) is 4.79 Å². The third-order valence-electron chi connectivity index (χ3n) is 7.58. The molecule has 0 atom stereocenters. The van der Waals surface area contributed by atoms with Gasteiger partial charge in [-0.05, 0) is 103 Å². The van der Waals surface area contributed by atoms with Crippen molar-refractivity contribution in [3.63, 3.8) is 0 Å². The second-order valence-electron chi connectivity index (χ2n) is 9.71. The maximum atomic E-state index is 11.9. The SMILES string of the molecule is O=C1NC(=O)/C(=C\c2ccccc2Oc2ccc(C34CC5CC(CC(C5)C3)C4)cc2)S1. The third kappa shape index (κ3) is 3.49. The van der Waals surface area contributed by atoms with E-state index in [2.05, 4.69) is 29.6 Å². The molecule has 1 aliphatic heterocycles. The summed E-state index contributed by atoms with van der Waals surface area (Å²) in [7, 11) is 0. The van der Waals surface area contributed by atoms with E-state index in [0.717, 1.165) is 40.8 Å². The lowest BCUT2D eigenvalue weighted by Crippen LogP contribution is -2.48. The summed E-state index contributed by atoms with van der Waals surface area (Å²) in [6, 6.07) is 16.3. The highest BCUT2D eigenvalue weighted by Gasteiger charge is 2.51. The first-order chi connectivity index (χ1) is 15.1. The lowest BCUT2D eigenvalue weighted by Gasteiger charge is -2.57. The molecular formula is C26H25NO3S. The number of carbonyl (C=O) groups excluding carboxylic acids is 2. The highest BCUT2D eigenvalue weighted by Crippen LogP contribution is 2.60. The number of rotatable bonds is 4. The first kappa shape index (κ1) is 19.2. The van der Waals surface area contributed by atoms with E-state index >= 15 is 0 Å². The van der Waals surface area contributed by atoms with Crippen molar-refractivity contribution in [1.82, 2.24) is 5.32 Å². The molecule has 1 heterocycles. The molecule has 31 heavy (non-hydrogen) atoms. The van der Waals surface area contributed by atoms with Gasteiger partial charge in [-0.2, -0.15) is 0 Å². The van der Waals surface area contributed by atoms with Gasteiger partial charge in [-0.1, -0.05) is 30.3 Å². The zero-order valence-electron chi connectivity index (χ0n) is 17.3. The van der Waals surface area contributed by atoms with Crippen LogP contribution in [-0.2, 0) is 10.2 Å². The number of hydrogen-bond donors (Lipinski definition) is 1.